The summed E-state index contributed by atoms with van der Waals surface area (Å²) in [6, 6.07) is 1.85. The van der Waals surface area contributed by atoms with E-state index in [0.717, 1.165) is 25.8 Å². The van der Waals surface area contributed by atoms with Gasteiger partial charge < -0.3 is 10.4 Å². The van der Waals surface area contributed by atoms with Gasteiger partial charge in [0.1, 0.15) is 0 Å². The molecule has 0 aliphatic heterocycles. The normalized spacial score (nSPS) is 12.2. The van der Waals surface area contributed by atoms with Crippen molar-refractivity contribution in [2.45, 2.75) is 31.9 Å². The molecule has 0 bridgehead atoms. The van der Waals surface area contributed by atoms with Crippen molar-refractivity contribution in [2.24, 2.45) is 0 Å². The van der Waals surface area contributed by atoms with Gasteiger partial charge in [-0.1, -0.05) is 0 Å². The molecule has 1 aromatic heterocycles. The van der Waals surface area contributed by atoms with Crippen molar-refractivity contribution in [1.29, 1.82) is 0 Å². The van der Waals surface area contributed by atoms with E-state index in [0.29, 0.717) is 13.1 Å². The molecule has 0 amide bonds. The summed E-state index contributed by atoms with van der Waals surface area (Å²) in [6.45, 7) is 2.03. The van der Waals surface area contributed by atoms with E-state index in [-0.39, 0.29) is 0 Å². The first kappa shape index (κ1) is 12.8. The fourth-order valence-corrected chi connectivity index (χ4v) is 1.43. The largest absolute Gasteiger partial charge is 0.390 e. The summed E-state index contributed by atoms with van der Waals surface area (Å²) in [4.78, 5) is 0. The van der Waals surface area contributed by atoms with E-state index in [4.69, 9.17) is 6.42 Å². The van der Waals surface area contributed by atoms with Gasteiger partial charge in [-0.3, -0.25) is 4.68 Å². The predicted molar refractivity (Wildman–Crippen MR) is 63.8 cm³/mol. The number of nitrogens with one attached hydrogen (secondary N) is 1. The SMILES string of the molecule is C#CCCCCNCC(O)Cn1cccn1. The highest BCUT2D eigenvalue weighted by Gasteiger charge is 2.03. The molecule has 16 heavy (non-hydrogen) atoms. The molecule has 0 aromatic carbocycles. The average Bonchev–Trinajstić information content (AvgIpc) is 2.76. The van der Waals surface area contributed by atoms with Crippen molar-refractivity contribution in [3.05, 3.63) is 18.5 Å². The van der Waals surface area contributed by atoms with Gasteiger partial charge in [0.15, 0.2) is 0 Å². The number of aliphatic hydroxyl groups is 1. The van der Waals surface area contributed by atoms with E-state index < -0.39 is 6.10 Å². The minimum Gasteiger partial charge on any atom is -0.390 e. The fraction of sp³-hybridized carbons (Fsp3) is 0.583. The Morgan fingerprint density at radius 2 is 2.38 bits per heavy atom. The number of hydrogen-bond donors (Lipinski definition) is 2. The van der Waals surface area contributed by atoms with Gasteiger partial charge in [0.25, 0.3) is 0 Å². The van der Waals surface area contributed by atoms with Crippen LogP contribution in [0.5, 0.6) is 0 Å². The zero-order chi connectivity index (χ0) is 11.6. The Balaban J connectivity index is 1.98. The maximum atomic E-state index is 9.67. The van der Waals surface area contributed by atoms with Crippen LogP contribution in [0.3, 0.4) is 0 Å². The van der Waals surface area contributed by atoms with Crippen LogP contribution in [0.1, 0.15) is 19.3 Å². The van der Waals surface area contributed by atoms with Crippen LogP contribution in [0.25, 0.3) is 0 Å². The lowest BCUT2D eigenvalue weighted by Crippen LogP contribution is -2.31. The number of hydrogen-bond acceptors (Lipinski definition) is 3. The summed E-state index contributed by atoms with van der Waals surface area (Å²) < 4.78 is 1.73. The fourth-order valence-electron chi connectivity index (χ4n) is 1.43. The van der Waals surface area contributed by atoms with Gasteiger partial charge in [0.2, 0.25) is 0 Å². The molecule has 1 atom stereocenters. The third-order valence-electron chi connectivity index (χ3n) is 2.26. The van der Waals surface area contributed by atoms with Crippen molar-refractivity contribution in [2.75, 3.05) is 13.1 Å². The van der Waals surface area contributed by atoms with Crippen LogP contribution in [-0.4, -0.2) is 34.1 Å². The lowest BCUT2D eigenvalue weighted by molar-refractivity contribution is 0.147. The van der Waals surface area contributed by atoms with Crippen LogP contribution in [0, 0.1) is 12.3 Å². The van der Waals surface area contributed by atoms with Crippen LogP contribution in [-0.2, 0) is 6.54 Å². The summed E-state index contributed by atoms with van der Waals surface area (Å²) in [5.74, 6) is 2.61. The zero-order valence-corrected chi connectivity index (χ0v) is 9.47. The van der Waals surface area contributed by atoms with Gasteiger partial charge in [-0.2, -0.15) is 5.10 Å². The lowest BCUT2D eigenvalue weighted by Gasteiger charge is -2.11. The monoisotopic (exact) mass is 221 g/mol. The summed E-state index contributed by atoms with van der Waals surface area (Å²) in [7, 11) is 0. The summed E-state index contributed by atoms with van der Waals surface area (Å²) in [5, 5.41) is 16.9. The van der Waals surface area contributed by atoms with Crippen molar-refractivity contribution in [3.8, 4) is 12.3 Å². The standard InChI is InChI=1S/C12H19N3O/c1-2-3-4-5-7-13-10-12(16)11-15-9-6-8-14-15/h1,6,8-9,12-13,16H,3-5,7,10-11H2. The number of aromatic nitrogens is 2. The summed E-state index contributed by atoms with van der Waals surface area (Å²) in [5.41, 5.74) is 0. The third-order valence-corrected chi connectivity index (χ3v) is 2.26. The van der Waals surface area contributed by atoms with Gasteiger partial charge in [-0.25, -0.2) is 0 Å². The van der Waals surface area contributed by atoms with Crippen LogP contribution >= 0.6 is 0 Å². The number of unbranched alkanes of at least 4 members (excludes halogenated alkanes) is 2. The predicted octanol–water partition coefficient (Wildman–Crippen LogP) is 0.637. The van der Waals surface area contributed by atoms with E-state index in [2.05, 4.69) is 16.3 Å². The van der Waals surface area contributed by atoms with Crippen molar-refractivity contribution >= 4 is 0 Å². The Morgan fingerprint density at radius 1 is 1.50 bits per heavy atom. The molecule has 0 aliphatic carbocycles. The first-order valence-electron chi connectivity index (χ1n) is 5.62. The topological polar surface area (TPSA) is 50.1 Å². The molecule has 0 fully saturated rings. The van der Waals surface area contributed by atoms with Crippen LogP contribution in [0.4, 0.5) is 0 Å². The molecular formula is C12H19N3O. The van der Waals surface area contributed by atoms with Crippen molar-refractivity contribution < 1.29 is 5.11 Å². The maximum absolute atomic E-state index is 9.67. The molecule has 0 saturated carbocycles. The molecule has 0 aliphatic rings. The summed E-state index contributed by atoms with van der Waals surface area (Å²) >= 11 is 0. The molecular weight excluding hydrogens is 202 g/mol. The quantitative estimate of drug-likeness (QED) is 0.500. The highest BCUT2D eigenvalue weighted by Crippen LogP contribution is 1.93. The van der Waals surface area contributed by atoms with E-state index in [1.165, 1.54) is 0 Å². The average molecular weight is 221 g/mol. The maximum Gasteiger partial charge on any atom is 0.0860 e. The Morgan fingerprint density at radius 3 is 3.06 bits per heavy atom. The molecule has 1 rings (SSSR count). The van der Waals surface area contributed by atoms with Gasteiger partial charge in [0.05, 0.1) is 12.6 Å². The van der Waals surface area contributed by atoms with Crippen molar-refractivity contribution in [1.82, 2.24) is 15.1 Å². The molecule has 1 aromatic rings. The van der Waals surface area contributed by atoms with E-state index >= 15 is 0 Å². The molecule has 4 heteroatoms. The molecule has 1 unspecified atom stereocenters. The Kier molecular flexibility index (Phi) is 6.31. The molecule has 4 nitrogen and oxygen atoms in total. The number of nitrogens with zero attached hydrogens (tertiary/aromatic N) is 2. The van der Waals surface area contributed by atoms with Crippen molar-refractivity contribution in [3.63, 3.8) is 0 Å². The van der Waals surface area contributed by atoms with E-state index in [1.54, 1.807) is 10.9 Å². The van der Waals surface area contributed by atoms with Gasteiger partial charge in [0, 0.05) is 25.4 Å². The number of terminal acetylenes is 1. The molecule has 1 heterocycles. The van der Waals surface area contributed by atoms with Crippen LogP contribution < -0.4 is 5.32 Å². The van der Waals surface area contributed by atoms with Crippen LogP contribution in [0.15, 0.2) is 18.5 Å². The summed E-state index contributed by atoms with van der Waals surface area (Å²) in [6.07, 6.45) is 11.2. The lowest BCUT2D eigenvalue weighted by atomic mass is 10.2. The first-order chi connectivity index (χ1) is 7.83. The molecule has 88 valence electrons. The highest BCUT2D eigenvalue weighted by molar-refractivity contribution is 4.83. The highest BCUT2D eigenvalue weighted by atomic mass is 16.3. The minimum absolute atomic E-state index is 0.396. The number of aliphatic hydroxyl groups excluding tert-OH is 1. The van der Waals surface area contributed by atoms with Gasteiger partial charge >= 0.3 is 0 Å². The molecule has 0 radical (unpaired) electrons. The van der Waals surface area contributed by atoms with Crippen LogP contribution in [0.2, 0.25) is 0 Å². The second kappa shape index (κ2) is 7.91. The second-order valence-corrected chi connectivity index (χ2v) is 3.75. The first-order valence-corrected chi connectivity index (χ1v) is 5.62. The van der Waals surface area contributed by atoms with E-state index in [9.17, 15) is 5.11 Å². The molecule has 0 spiro atoms. The second-order valence-electron chi connectivity index (χ2n) is 3.75. The molecule has 0 saturated heterocycles. The number of rotatable bonds is 8. The Labute approximate surface area is 96.7 Å². The Hall–Kier alpha value is -1.31. The molecule has 2 N–H and O–H groups in total. The third kappa shape index (κ3) is 5.54. The van der Waals surface area contributed by atoms with Gasteiger partial charge in [-0.15, -0.1) is 12.3 Å². The Bertz CT molecular complexity index is 303. The van der Waals surface area contributed by atoms with E-state index in [1.807, 2.05) is 12.3 Å². The zero-order valence-electron chi connectivity index (χ0n) is 9.47. The smallest absolute Gasteiger partial charge is 0.0860 e. The minimum atomic E-state index is -0.396. The van der Waals surface area contributed by atoms with Gasteiger partial charge in [-0.05, 0) is 25.5 Å².